The first kappa shape index (κ1) is 39.4. The van der Waals surface area contributed by atoms with Gasteiger partial charge in [0, 0.05) is 17.3 Å². The van der Waals surface area contributed by atoms with Crippen LogP contribution >= 0.6 is 0 Å². The molecule has 0 bridgehead atoms. The number of nitrogens with zero attached hydrogens (tertiary/aromatic N) is 1. The fourth-order valence-corrected chi connectivity index (χ4v) is 5.27. The van der Waals surface area contributed by atoms with Crippen LogP contribution in [0.15, 0.2) is 24.3 Å². The van der Waals surface area contributed by atoms with E-state index < -0.39 is 10.8 Å². The zero-order chi connectivity index (χ0) is 32.5. The lowest BCUT2D eigenvalue weighted by Crippen LogP contribution is -2.52. The normalized spacial score (nSPS) is 15.1. The molecule has 0 N–H and O–H groups in total. The van der Waals surface area contributed by atoms with E-state index in [9.17, 15) is 9.59 Å². The smallest absolute Gasteiger partial charge is 0.311 e. The molecular formula is C36H67NO4. The van der Waals surface area contributed by atoms with Crippen molar-refractivity contribution in [2.45, 2.75) is 135 Å². The van der Waals surface area contributed by atoms with Gasteiger partial charge in [0.25, 0.3) is 0 Å². The van der Waals surface area contributed by atoms with Gasteiger partial charge in [-0.25, -0.2) is 0 Å². The summed E-state index contributed by atoms with van der Waals surface area (Å²) in [6, 6.07) is 0. The van der Waals surface area contributed by atoms with Crippen LogP contribution in [0.25, 0.3) is 0 Å². The first-order valence-electron chi connectivity index (χ1n) is 15.8. The van der Waals surface area contributed by atoms with Crippen LogP contribution in [-0.4, -0.2) is 50.2 Å². The highest BCUT2D eigenvalue weighted by molar-refractivity contribution is 5.75. The van der Waals surface area contributed by atoms with Gasteiger partial charge in [0.05, 0.1) is 5.41 Å². The zero-order valence-corrected chi connectivity index (χ0v) is 29.9. The highest BCUT2D eigenvalue weighted by Crippen LogP contribution is 2.52. The van der Waals surface area contributed by atoms with Crippen molar-refractivity contribution in [2.24, 2.45) is 32.5 Å². The highest BCUT2D eigenvalue weighted by Gasteiger charge is 2.51. The fraction of sp³-hybridized carbons (Fsp3) is 0.833. The molecule has 0 aromatic carbocycles. The summed E-state index contributed by atoms with van der Waals surface area (Å²) in [5.41, 5.74) is -1.52. The second-order valence-electron chi connectivity index (χ2n) is 16.3. The third-order valence-corrected chi connectivity index (χ3v) is 9.35. The molecule has 240 valence electrons. The topological polar surface area (TPSA) is 55.8 Å². The predicted molar refractivity (Wildman–Crippen MR) is 175 cm³/mol. The van der Waals surface area contributed by atoms with E-state index in [1.165, 1.54) is 0 Å². The summed E-state index contributed by atoms with van der Waals surface area (Å²) < 4.78 is 12.0. The van der Waals surface area contributed by atoms with Gasteiger partial charge in [-0.3, -0.25) is 9.59 Å². The van der Waals surface area contributed by atoms with Crippen LogP contribution in [0, 0.1) is 32.5 Å². The molecule has 0 fully saturated rings. The van der Waals surface area contributed by atoms with Gasteiger partial charge in [0.2, 0.25) is 0 Å². The van der Waals surface area contributed by atoms with Crippen molar-refractivity contribution in [1.29, 1.82) is 0 Å². The Morgan fingerprint density at radius 2 is 1.32 bits per heavy atom. The first-order chi connectivity index (χ1) is 18.4. The molecule has 0 aliphatic rings. The van der Waals surface area contributed by atoms with Gasteiger partial charge in [0.15, 0.2) is 0 Å². The van der Waals surface area contributed by atoms with E-state index >= 15 is 0 Å². The van der Waals surface area contributed by atoms with E-state index in [1.807, 2.05) is 40.9 Å². The molecule has 0 spiro atoms. The molecule has 0 amide bonds. The minimum atomic E-state index is -0.494. The Hall–Kier alpha value is -1.62. The Labute approximate surface area is 254 Å². The summed E-state index contributed by atoms with van der Waals surface area (Å²) >= 11 is 0. The molecule has 1 atom stereocenters. The van der Waals surface area contributed by atoms with Gasteiger partial charge in [-0.15, -0.1) is 0 Å². The minimum Gasteiger partial charge on any atom is -0.461 e. The average Bonchev–Trinajstić information content (AvgIpc) is 2.82. The maximum Gasteiger partial charge on any atom is 0.311 e. The van der Waals surface area contributed by atoms with Crippen molar-refractivity contribution in [3.8, 4) is 0 Å². The number of ether oxygens (including phenoxy) is 2. The van der Waals surface area contributed by atoms with Crippen LogP contribution in [0.3, 0.4) is 0 Å². The third-order valence-electron chi connectivity index (χ3n) is 9.35. The SMILES string of the molecule is CCC(C)(C)/C=C\C(C)(C)CC(C)(C)C(OC(=O)CCCN(C)C)C(C)(C)C(C)(C)/C=C\COC(=O)C(C)(C)CC. The molecule has 0 saturated heterocycles. The summed E-state index contributed by atoms with van der Waals surface area (Å²) in [7, 11) is 4.04. The lowest BCUT2D eigenvalue weighted by atomic mass is 9.56. The Morgan fingerprint density at radius 1 is 0.780 bits per heavy atom. The number of hydrogen-bond acceptors (Lipinski definition) is 5. The maximum atomic E-state index is 13.2. The van der Waals surface area contributed by atoms with E-state index in [2.05, 4.69) is 99.3 Å². The van der Waals surface area contributed by atoms with Crippen LogP contribution in [0.1, 0.15) is 129 Å². The molecule has 41 heavy (non-hydrogen) atoms. The number of hydrogen-bond donors (Lipinski definition) is 0. The molecular weight excluding hydrogens is 510 g/mol. The summed E-state index contributed by atoms with van der Waals surface area (Å²) in [6.45, 7) is 31.4. The van der Waals surface area contributed by atoms with Crippen molar-refractivity contribution in [2.75, 3.05) is 27.2 Å². The van der Waals surface area contributed by atoms with Crippen molar-refractivity contribution in [3.63, 3.8) is 0 Å². The molecule has 1 unspecified atom stereocenters. The second-order valence-corrected chi connectivity index (χ2v) is 16.3. The summed E-state index contributed by atoms with van der Waals surface area (Å²) in [4.78, 5) is 27.8. The average molecular weight is 578 g/mol. The summed E-state index contributed by atoms with van der Waals surface area (Å²) in [5.74, 6) is -0.331. The Bertz CT molecular complexity index is 887. The lowest BCUT2D eigenvalue weighted by Gasteiger charge is -2.52. The quantitative estimate of drug-likeness (QED) is 0.120. The Morgan fingerprint density at radius 3 is 1.80 bits per heavy atom. The van der Waals surface area contributed by atoms with Gasteiger partial charge in [0.1, 0.15) is 12.7 Å². The van der Waals surface area contributed by atoms with Gasteiger partial charge in [-0.2, -0.15) is 0 Å². The molecule has 0 aliphatic heterocycles. The van der Waals surface area contributed by atoms with E-state index in [-0.39, 0.29) is 46.3 Å². The van der Waals surface area contributed by atoms with Crippen molar-refractivity contribution >= 4 is 11.9 Å². The largest absolute Gasteiger partial charge is 0.461 e. The van der Waals surface area contributed by atoms with E-state index in [1.54, 1.807) is 0 Å². The number of carbonyl (C=O) groups is 2. The molecule has 0 aliphatic carbocycles. The number of carbonyl (C=O) groups excluding carboxylic acids is 2. The van der Waals surface area contributed by atoms with Gasteiger partial charge >= 0.3 is 11.9 Å². The molecule has 5 heteroatoms. The molecule has 0 radical (unpaired) electrons. The zero-order valence-electron chi connectivity index (χ0n) is 29.9. The molecule has 5 nitrogen and oxygen atoms in total. The minimum absolute atomic E-state index is 0.0815. The van der Waals surface area contributed by atoms with Gasteiger partial charge in [-0.05, 0) is 76.4 Å². The summed E-state index contributed by atoms with van der Waals surface area (Å²) in [6.07, 6.45) is 12.2. The van der Waals surface area contributed by atoms with Crippen molar-refractivity contribution < 1.29 is 19.1 Å². The number of allylic oxidation sites excluding steroid dienone is 3. The second kappa shape index (κ2) is 15.2. The molecule has 0 heterocycles. The Balaban J connectivity index is 6.21. The molecule has 0 rings (SSSR count). The van der Waals surface area contributed by atoms with Crippen LogP contribution < -0.4 is 0 Å². The van der Waals surface area contributed by atoms with E-state index in [0.717, 1.165) is 32.2 Å². The monoisotopic (exact) mass is 578 g/mol. The van der Waals surface area contributed by atoms with Gasteiger partial charge in [-0.1, -0.05) is 107 Å². The summed E-state index contributed by atoms with van der Waals surface area (Å²) in [5, 5.41) is 0. The van der Waals surface area contributed by atoms with Crippen LogP contribution in [0.4, 0.5) is 0 Å². The van der Waals surface area contributed by atoms with E-state index in [0.29, 0.717) is 6.42 Å². The van der Waals surface area contributed by atoms with Gasteiger partial charge < -0.3 is 14.4 Å². The highest BCUT2D eigenvalue weighted by atomic mass is 16.5. The molecule has 0 aromatic rings. The van der Waals surface area contributed by atoms with Crippen LogP contribution in [0.2, 0.25) is 0 Å². The predicted octanol–water partition coefficient (Wildman–Crippen LogP) is 9.26. The van der Waals surface area contributed by atoms with Crippen LogP contribution in [-0.2, 0) is 19.1 Å². The fourth-order valence-electron chi connectivity index (χ4n) is 5.27. The number of esters is 2. The lowest BCUT2D eigenvalue weighted by molar-refractivity contribution is -0.175. The molecule has 0 saturated carbocycles. The Kier molecular flexibility index (Phi) is 14.6. The van der Waals surface area contributed by atoms with Crippen molar-refractivity contribution in [1.82, 2.24) is 4.90 Å². The van der Waals surface area contributed by atoms with Crippen molar-refractivity contribution in [3.05, 3.63) is 24.3 Å². The van der Waals surface area contributed by atoms with Crippen LogP contribution in [0.5, 0.6) is 0 Å². The first-order valence-corrected chi connectivity index (χ1v) is 15.8. The standard InChI is InChI=1S/C36H67NO4/c1-17-31(3,4)23-24-32(5,6)27-34(9,10)29(41-28(38)21-19-25-37(15)16)36(13,14)35(11,12)22-20-26-40-30(39)33(7,8)18-2/h20,22-24,29H,17-19,21,25-27H2,1-16H3/b22-20-,24-23-. The maximum absolute atomic E-state index is 13.2. The third kappa shape index (κ3) is 13.1. The molecule has 0 aromatic heterocycles. The van der Waals surface area contributed by atoms with E-state index in [4.69, 9.17) is 9.47 Å². The number of rotatable bonds is 18.